The molecule has 8 nitrogen and oxygen atoms in total. The molecule has 0 saturated carbocycles. The summed E-state index contributed by atoms with van der Waals surface area (Å²) in [4.78, 5) is 36.5. The number of anilines is 1. The maximum atomic E-state index is 12.0. The number of amides is 2. The number of aromatic nitrogens is 2. The third kappa shape index (κ3) is 4.63. The molecule has 1 saturated heterocycles. The van der Waals surface area contributed by atoms with Crippen molar-refractivity contribution in [3.05, 3.63) is 66.4 Å². The van der Waals surface area contributed by atoms with Crippen LogP contribution in [0.1, 0.15) is 17.3 Å². The van der Waals surface area contributed by atoms with Gasteiger partial charge in [-0.3, -0.25) is 9.59 Å². The first-order chi connectivity index (χ1) is 15.0. The topological polar surface area (TPSA) is 102 Å². The molecule has 0 unspecified atom stereocenters. The van der Waals surface area contributed by atoms with Gasteiger partial charge in [0.2, 0.25) is 11.8 Å². The van der Waals surface area contributed by atoms with Gasteiger partial charge in [0.05, 0.1) is 11.3 Å². The molecule has 8 heteroatoms. The van der Waals surface area contributed by atoms with Crippen LogP contribution in [0.15, 0.2) is 60.8 Å². The standard InChI is InChI=1S/C23H23N5O3/c1-16(29)27-11-13-28(14-12-27)20-9-8-19(23(24)30)22(26-20)17-7-10-21(25-15-17)31-18-5-3-2-4-6-18/h2-10,15H,11-14H2,1H3,(H2,24,30). The van der Waals surface area contributed by atoms with Gasteiger partial charge in [0.15, 0.2) is 0 Å². The zero-order chi connectivity index (χ0) is 21.8. The van der Waals surface area contributed by atoms with E-state index in [9.17, 15) is 9.59 Å². The molecule has 1 fully saturated rings. The molecule has 1 aliphatic heterocycles. The number of carbonyl (C=O) groups is 2. The maximum absolute atomic E-state index is 12.0. The molecule has 4 rings (SSSR count). The van der Waals surface area contributed by atoms with Crippen LogP contribution in [0, 0.1) is 0 Å². The second-order valence-corrected chi connectivity index (χ2v) is 7.22. The first kappa shape index (κ1) is 20.3. The van der Waals surface area contributed by atoms with Crippen molar-refractivity contribution in [1.82, 2.24) is 14.9 Å². The molecule has 1 aliphatic rings. The minimum Gasteiger partial charge on any atom is -0.439 e. The molecule has 3 aromatic rings. The lowest BCUT2D eigenvalue weighted by Crippen LogP contribution is -2.48. The fourth-order valence-corrected chi connectivity index (χ4v) is 3.48. The molecule has 2 amide bonds. The summed E-state index contributed by atoms with van der Waals surface area (Å²) in [5.74, 6) is 1.37. The van der Waals surface area contributed by atoms with E-state index in [0.29, 0.717) is 54.6 Å². The van der Waals surface area contributed by atoms with E-state index in [0.717, 1.165) is 5.82 Å². The summed E-state index contributed by atoms with van der Waals surface area (Å²) < 4.78 is 5.73. The number of primary amides is 1. The van der Waals surface area contributed by atoms with Gasteiger partial charge in [-0.1, -0.05) is 18.2 Å². The van der Waals surface area contributed by atoms with Crippen LogP contribution in [0.25, 0.3) is 11.3 Å². The van der Waals surface area contributed by atoms with Crippen molar-refractivity contribution in [2.45, 2.75) is 6.92 Å². The van der Waals surface area contributed by atoms with Crippen LogP contribution < -0.4 is 15.4 Å². The van der Waals surface area contributed by atoms with Gasteiger partial charge in [-0.2, -0.15) is 0 Å². The number of piperazine rings is 1. The monoisotopic (exact) mass is 417 g/mol. The van der Waals surface area contributed by atoms with Gasteiger partial charge >= 0.3 is 0 Å². The lowest BCUT2D eigenvalue weighted by molar-refractivity contribution is -0.129. The number of carbonyl (C=O) groups excluding carboxylic acids is 2. The van der Waals surface area contributed by atoms with E-state index in [1.54, 1.807) is 37.4 Å². The maximum Gasteiger partial charge on any atom is 0.250 e. The first-order valence-electron chi connectivity index (χ1n) is 10.0. The predicted octanol–water partition coefficient (Wildman–Crippen LogP) is 2.70. The number of ether oxygens (including phenoxy) is 1. The van der Waals surface area contributed by atoms with Crippen LogP contribution in [0.3, 0.4) is 0 Å². The SMILES string of the molecule is CC(=O)N1CCN(c2ccc(C(N)=O)c(-c3ccc(Oc4ccccc4)nc3)n2)CC1. The zero-order valence-corrected chi connectivity index (χ0v) is 17.2. The number of rotatable bonds is 5. The van der Waals surface area contributed by atoms with Crippen molar-refractivity contribution >= 4 is 17.6 Å². The van der Waals surface area contributed by atoms with Gasteiger partial charge < -0.3 is 20.3 Å². The number of pyridine rings is 2. The van der Waals surface area contributed by atoms with Crippen LogP contribution in [0.5, 0.6) is 11.6 Å². The average molecular weight is 417 g/mol. The van der Waals surface area contributed by atoms with Gasteiger partial charge in [-0.25, -0.2) is 9.97 Å². The molecule has 158 valence electrons. The normalized spacial score (nSPS) is 13.7. The number of hydrogen-bond donors (Lipinski definition) is 1. The molecule has 1 aromatic carbocycles. The van der Waals surface area contributed by atoms with Crippen LogP contribution >= 0.6 is 0 Å². The molecule has 0 atom stereocenters. The van der Waals surface area contributed by atoms with Gasteiger partial charge in [0.25, 0.3) is 5.91 Å². The van der Waals surface area contributed by atoms with Gasteiger partial charge in [-0.05, 0) is 30.3 Å². The number of para-hydroxylation sites is 1. The summed E-state index contributed by atoms with van der Waals surface area (Å²) in [7, 11) is 0. The van der Waals surface area contributed by atoms with E-state index < -0.39 is 5.91 Å². The molecule has 0 spiro atoms. The fraction of sp³-hybridized carbons (Fsp3) is 0.217. The Kier molecular flexibility index (Phi) is 5.79. The van der Waals surface area contributed by atoms with Crippen molar-refractivity contribution < 1.29 is 14.3 Å². The second kappa shape index (κ2) is 8.83. The molecular weight excluding hydrogens is 394 g/mol. The molecule has 31 heavy (non-hydrogen) atoms. The highest BCUT2D eigenvalue weighted by atomic mass is 16.5. The number of nitrogens with zero attached hydrogens (tertiary/aromatic N) is 4. The van der Waals surface area contributed by atoms with Crippen molar-refractivity contribution in [2.24, 2.45) is 5.73 Å². The quantitative estimate of drug-likeness (QED) is 0.685. The number of benzene rings is 1. The highest BCUT2D eigenvalue weighted by Crippen LogP contribution is 2.27. The second-order valence-electron chi connectivity index (χ2n) is 7.22. The van der Waals surface area contributed by atoms with Crippen LogP contribution in [0.4, 0.5) is 5.82 Å². The van der Waals surface area contributed by atoms with E-state index in [2.05, 4.69) is 9.88 Å². The fourth-order valence-electron chi connectivity index (χ4n) is 3.48. The molecule has 0 radical (unpaired) electrons. The summed E-state index contributed by atoms with van der Waals surface area (Å²) in [6, 6.07) is 16.4. The number of hydrogen-bond acceptors (Lipinski definition) is 6. The van der Waals surface area contributed by atoms with Crippen LogP contribution in [-0.2, 0) is 4.79 Å². The summed E-state index contributed by atoms with van der Waals surface area (Å²) in [6.45, 7) is 4.19. The Balaban J connectivity index is 1.58. The summed E-state index contributed by atoms with van der Waals surface area (Å²) >= 11 is 0. The van der Waals surface area contributed by atoms with E-state index in [1.165, 1.54) is 0 Å². The molecule has 2 aromatic heterocycles. The first-order valence-corrected chi connectivity index (χ1v) is 10.0. The predicted molar refractivity (Wildman–Crippen MR) is 117 cm³/mol. The Morgan fingerprint density at radius 3 is 2.32 bits per heavy atom. The van der Waals surface area contributed by atoms with E-state index in [1.807, 2.05) is 35.2 Å². The Hall–Kier alpha value is -3.94. The van der Waals surface area contributed by atoms with Crippen molar-refractivity contribution in [2.75, 3.05) is 31.1 Å². The van der Waals surface area contributed by atoms with Gasteiger partial charge in [0.1, 0.15) is 11.6 Å². The van der Waals surface area contributed by atoms with Crippen LogP contribution in [0.2, 0.25) is 0 Å². The third-order valence-electron chi connectivity index (χ3n) is 5.17. The largest absolute Gasteiger partial charge is 0.439 e. The Labute approximate surface area is 180 Å². The molecular formula is C23H23N5O3. The Bertz CT molecular complexity index is 1080. The summed E-state index contributed by atoms with van der Waals surface area (Å²) in [5.41, 5.74) is 7.04. The van der Waals surface area contributed by atoms with Crippen molar-refractivity contribution in [1.29, 1.82) is 0 Å². The van der Waals surface area contributed by atoms with Crippen LogP contribution in [-0.4, -0.2) is 52.9 Å². The molecule has 3 heterocycles. The van der Waals surface area contributed by atoms with Crippen molar-refractivity contribution in [3.8, 4) is 22.9 Å². The highest BCUT2D eigenvalue weighted by Gasteiger charge is 2.21. The number of nitrogens with two attached hydrogens (primary N) is 1. The molecule has 2 N–H and O–H groups in total. The summed E-state index contributed by atoms with van der Waals surface area (Å²) in [5, 5.41) is 0. The minimum atomic E-state index is -0.555. The third-order valence-corrected chi connectivity index (χ3v) is 5.17. The smallest absolute Gasteiger partial charge is 0.250 e. The van der Waals surface area contributed by atoms with Crippen molar-refractivity contribution in [3.63, 3.8) is 0 Å². The van der Waals surface area contributed by atoms with Gasteiger partial charge in [0, 0.05) is 50.9 Å². The Morgan fingerprint density at radius 1 is 0.968 bits per heavy atom. The molecule has 0 bridgehead atoms. The van der Waals surface area contributed by atoms with E-state index >= 15 is 0 Å². The molecule has 0 aliphatic carbocycles. The lowest BCUT2D eigenvalue weighted by Gasteiger charge is -2.35. The zero-order valence-electron chi connectivity index (χ0n) is 17.2. The summed E-state index contributed by atoms with van der Waals surface area (Å²) in [6.07, 6.45) is 1.62. The van der Waals surface area contributed by atoms with E-state index in [4.69, 9.17) is 15.5 Å². The Morgan fingerprint density at radius 2 is 1.71 bits per heavy atom. The minimum absolute atomic E-state index is 0.0706. The van der Waals surface area contributed by atoms with Gasteiger partial charge in [-0.15, -0.1) is 0 Å². The highest BCUT2D eigenvalue weighted by molar-refractivity contribution is 5.99. The average Bonchev–Trinajstić information content (AvgIpc) is 2.80. The lowest BCUT2D eigenvalue weighted by atomic mass is 10.1. The van der Waals surface area contributed by atoms with E-state index in [-0.39, 0.29) is 5.91 Å².